The molecule has 2 aromatic rings. The molecule has 1 unspecified atom stereocenters. The van der Waals surface area contributed by atoms with Crippen molar-refractivity contribution in [2.24, 2.45) is 13.0 Å². The molecule has 0 spiro atoms. The third kappa shape index (κ3) is 4.01. The van der Waals surface area contributed by atoms with Crippen LogP contribution in [0, 0.1) is 31.4 Å². The van der Waals surface area contributed by atoms with Gasteiger partial charge in [-0.15, -0.1) is 0 Å². The Hall–Kier alpha value is -2.50. The molecule has 1 fully saturated rings. The Bertz CT molecular complexity index is 932. The molecule has 1 aromatic carbocycles. The average molecular weight is 388 g/mol. The zero-order chi connectivity index (χ0) is 20.4. The maximum Gasteiger partial charge on any atom is 0.263 e. The van der Waals surface area contributed by atoms with Gasteiger partial charge in [-0.2, -0.15) is 0 Å². The summed E-state index contributed by atoms with van der Waals surface area (Å²) in [4.78, 5) is 27.2. The molecule has 0 aliphatic carbocycles. The van der Waals surface area contributed by atoms with Gasteiger partial charge in [0, 0.05) is 31.4 Å². The number of benzene rings is 1. The lowest BCUT2D eigenvalue weighted by molar-refractivity contribution is 0.0665. The number of carbonyl (C=O) groups excluding carboxylic acids is 1. The second-order valence-electron chi connectivity index (χ2n) is 7.69. The van der Waals surface area contributed by atoms with Crippen molar-refractivity contribution in [2.75, 3.05) is 13.1 Å². The Kier molecular flexibility index (Phi) is 5.96. The fraction of sp³-hybridized carbons (Fsp3) is 0.455. The van der Waals surface area contributed by atoms with Crippen LogP contribution < -0.4 is 5.56 Å². The van der Waals surface area contributed by atoms with Crippen molar-refractivity contribution in [2.45, 2.75) is 39.5 Å². The topological polar surface area (TPSA) is 42.3 Å². The summed E-state index contributed by atoms with van der Waals surface area (Å²) in [5.41, 5.74) is 1.74. The van der Waals surface area contributed by atoms with E-state index < -0.39 is 11.6 Å². The molecule has 1 aromatic heterocycles. The largest absolute Gasteiger partial charge is 0.338 e. The van der Waals surface area contributed by atoms with Crippen molar-refractivity contribution >= 4 is 5.91 Å². The molecule has 150 valence electrons. The summed E-state index contributed by atoms with van der Waals surface area (Å²) < 4.78 is 29.2. The maximum absolute atomic E-state index is 13.8. The summed E-state index contributed by atoms with van der Waals surface area (Å²) in [6, 6.07) is 5.56. The van der Waals surface area contributed by atoms with Gasteiger partial charge in [-0.05, 0) is 69.2 Å². The van der Waals surface area contributed by atoms with Crippen LogP contribution in [0.2, 0.25) is 0 Å². The van der Waals surface area contributed by atoms with Gasteiger partial charge in [-0.25, -0.2) is 8.78 Å². The van der Waals surface area contributed by atoms with Crippen LogP contribution in [0.25, 0.3) is 0 Å². The van der Waals surface area contributed by atoms with Gasteiger partial charge in [0.2, 0.25) is 0 Å². The fourth-order valence-electron chi connectivity index (χ4n) is 3.91. The molecule has 1 aliphatic heterocycles. The average Bonchev–Trinajstić information content (AvgIpc) is 2.68. The van der Waals surface area contributed by atoms with Crippen molar-refractivity contribution in [1.82, 2.24) is 9.47 Å². The van der Waals surface area contributed by atoms with E-state index in [1.54, 1.807) is 18.0 Å². The molecule has 1 atom stereocenters. The zero-order valence-corrected chi connectivity index (χ0v) is 16.6. The zero-order valence-electron chi connectivity index (χ0n) is 16.6. The molecule has 0 radical (unpaired) electrons. The number of carbonyl (C=O) groups is 1. The molecule has 6 heteroatoms. The summed E-state index contributed by atoms with van der Waals surface area (Å²) >= 11 is 0. The lowest BCUT2D eigenvalue weighted by Crippen LogP contribution is -2.42. The van der Waals surface area contributed by atoms with E-state index in [1.807, 2.05) is 13.8 Å². The number of amides is 1. The standard InChI is InChI=1S/C22H26F2N2O2/c1-14-12-18(21(27)25(3)15(14)2)22(28)26-11-5-6-16(13-26)9-10-17-19(23)7-4-8-20(17)24/h4,7-8,12,16H,5-6,9-11,13H2,1-3H3. The van der Waals surface area contributed by atoms with E-state index in [1.165, 1.54) is 22.8 Å². The van der Waals surface area contributed by atoms with Gasteiger partial charge in [-0.3, -0.25) is 9.59 Å². The summed E-state index contributed by atoms with van der Waals surface area (Å²) in [6.07, 6.45) is 2.63. The molecule has 0 bridgehead atoms. The van der Waals surface area contributed by atoms with Crippen molar-refractivity contribution < 1.29 is 13.6 Å². The Morgan fingerprint density at radius 3 is 2.57 bits per heavy atom. The normalized spacial score (nSPS) is 17.0. The molecular weight excluding hydrogens is 362 g/mol. The quantitative estimate of drug-likeness (QED) is 0.800. The lowest BCUT2D eigenvalue weighted by Gasteiger charge is -2.33. The summed E-state index contributed by atoms with van der Waals surface area (Å²) in [7, 11) is 1.67. The van der Waals surface area contributed by atoms with Crippen LogP contribution in [0.15, 0.2) is 29.1 Å². The minimum atomic E-state index is -0.526. The van der Waals surface area contributed by atoms with Crippen LogP contribution in [0.1, 0.15) is 46.4 Å². The molecule has 0 N–H and O–H groups in total. The van der Waals surface area contributed by atoms with E-state index in [2.05, 4.69) is 0 Å². The first-order valence-electron chi connectivity index (χ1n) is 9.69. The first-order valence-corrected chi connectivity index (χ1v) is 9.69. The number of aromatic nitrogens is 1. The second-order valence-corrected chi connectivity index (χ2v) is 7.69. The van der Waals surface area contributed by atoms with Crippen LogP contribution in [-0.4, -0.2) is 28.5 Å². The molecule has 2 heterocycles. The highest BCUT2D eigenvalue weighted by atomic mass is 19.1. The summed E-state index contributed by atoms with van der Waals surface area (Å²) in [6.45, 7) is 4.84. The van der Waals surface area contributed by atoms with E-state index in [-0.39, 0.29) is 28.5 Å². The number of piperidine rings is 1. The molecule has 4 nitrogen and oxygen atoms in total. The van der Waals surface area contributed by atoms with Gasteiger partial charge in [-0.1, -0.05) is 6.07 Å². The number of halogens is 2. The highest BCUT2D eigenvalue weighted by Gasteiger charge is 2.27. The van der Waals surface area contributed by atoms with Crippen LogP contribution in [-0.2, 0) is 13.5 Å². The van der Waals surface area contributed by atoms with Gasteiger partial charge in [0.05, 0.1) is 0 Å². The van der Waals surface area contributed by atoms with Gasteiger partial charge in [0.25, 0.3) is 11.5 Å². The lowest BCUT2D eigenvalue weighted by atomic mass is 9.91. The SMILES string of the molecule is Cc1cc(C(=O)N2CCCC(CCc3c(F)cccc3F)C2)c(=O)n(C)c1C. The Labute approximate surface area is 163 Å². The predicted molar refractivity (Wildman–Crippen MR) is 104 cm³/mol. The number of hydrogen-bond donors (Lipinski definition) is 0. The van der Waals surface area contributed by atoms with Gasteiger partial charge in [0.15, 0.2) is 0 Å². The molecule has 1 saturated heterocycles. The van der Waals surface area contributed by atoms with E-state index >= 15 is 0 Å². The van der Waals surface area contributed by atoms with Crippen LogP contribution >= 0.6 is 0 Å². The first-order chi connectivity index (χ1) is 13.3. The number of rotatable bonds is 4. The second kappa shape index (κ2) is 8.25. The molecule has 28 heavy (non-hydrogen) atoms. The smallest absolute Gasteiger partial charge is 0.263 e. The molecule has 0 saturated carbocycles. The van der Waals surface area contributed by atoms with Gasteiger partial charge in [0.1, 0.15) is 17.2 Å². The molecular formula is C22H26F2N2O2. The van der Waals surface area contributed by atoms with Gasteiger partial charge >= 0.3 is 0 Å². The van der Waals surface area contributed by atoms with E-state index in [4.69, 9.17) is 0 Å². The molecule has 1 aliphatic rings. The third-order valence-electron chi connectivity index (χ3n) is 5.87. The number of hydrogen-bond acceptors (Lipinski definition) is 2. The van der Waals surface area contributed by atoms with Crippen molar-refractivity contribution in [3.05, 3.63) is 68.6 Å². The monoisotopic (exact) mass is 388 g/mol. The summed E-state index contributed by atoms with van der Waals surface area (Å²) in [5, 5.41) is 0. The minimum absolute atomic E-state index is 0.106. The van der Waals surface area contributed by atoms with Crippen molar-refractivity contribution in [1.29, 1.82) is 0 Å². The van der Waals surface area contributed by atoms with E-state index in [9.17, 15) is 18.4 Å². The highest BCUT2D eigenvalue weighted by molar-refractivity contribution is 5.94. The van der Waals surface area contributed by atoms with E-state index in [0.29, 0.717) is 25.9 Å². The van der Waals surface area contributed by atoms with Crippen LogP contribution in [0.3, 0.4) is 0 Å². The Morgan fingerprint density at radius 2 is 1.89 bits per heavy atom. The number of pyridine rings is 1. The number of aryl methyl sites for hydroxylation is 1. The molecule has 1 amide bonds. The van der Waals surface area contributed by atoms with E-state index in [0.717, 1.165) is 24.1 Å². The van der Waals surface area contributed by atoms with Crippen LogP contribution in [0.4, 0.5) is 8.78 Å². The fourth-order valence-corrected chi connectivity index (χ4v) is 3.91. The minimum Gasteiger partial charge on any atom is -0.338 e. The Balaban J connectivity index is 1.71. The van der Waals surface area contributed by atoms with Crippen LogP contribution in [0.5, 0.6) is 0 Å². The van der Waals surface area contributed by atoms with Crippen molar-refractivity contribution in [3.63, 3.8) is 0 Å². The number of nitrogens with zero attached hydrogens (tertiary/aromatic N) is 2. The van der Waals surface area contributed by atoms with Gasteiger partial charge < -0.3 is 9.47 Å². The molecule has 3 rings (SSSR count). The number of likely N-dealkylation sites (tertiary alicyclic amines) is 1. The first kappa shape index (κ1) is 20.2. The maximum atomic E-state index is 13.8. The predicted octanol–water partition coefficient (Wildman–Crippen LogP) is 3.77. The highest BCUT2D eigenvalue weighted by Crippen LogP contribution is 2.24. The summed E-state index contributed by atoms with van der Waals surface area (Å²) in [5.74, 6) is -1.15. The third-order valence-corrected chi connectivity index (χ3v) is 5.87. The van der Waals surface area contributed by atoms with Crippen molar-refractivity contribution in [3.8, 4) is 0 Å². The Morgan fingerprint density at radius 1 is 1.21 bits per heavy atom.